The summed E-state index contributed by atoms with van der Waals surface area (Å²) in [6.07, 6.45) is 1.64. The quantitative estimate of drug-likeness (QED) is 0.468. The second-order valence-electron chi connectivity index (χ2n) is 6.43. The van der Waals surface area contributed by atoms with Gasteiger partial charge in [0.05, 0.1) is 17.1 Å². The van der Waals surface area contributed by atoms with E-state index in [1.54, 1.807) is 29.2 Å². The predicted molar refractivity (Wildman–Crippen MR) is 109 cm³/mol. The highest BCUT2D eigenvalue weighted by molar-refractivity contribution is 7.14. The van der Waals surface area contributed by atoms with Crippen molar-refractivity contribution in [2.24, 2.45) is 5.73 Å². The second kappa shape index (κ2) is 7.32. The first-order valence-electron chi connectivity index (χ1n) is 8.67. The first-order valence-corrected chi connectivity index (χ1v) is 9.55. The van der Waals surface area contributed by atoms with Gasteiger partial charge in [-0.1, -0.05) is 22.9 Å². The average molecular weight is 407 g/mol. The summed E-state index contributed by atoms with van der Waals surface area (Å²) in [6, 6.07) is 9.39. The number of H-pyrrole nitrogens is 1. The van der Waals surface area contributed by atoms with Gasteiger partial charge < -0.3 is 10.7 Å². The van der Waals surface area contributed by atoms with Crippen LogP contribution < -0.4 is 11.1 Å². The number of nitrogens with zero attached hydrogens (tertiary/aromatic N) is 4. The Kier molecular flexibility index (Phi) is 4.69. The van der Waals surface area contributed by atoms with Crippen molar-refractivity contribution in [3.8, 4) is 16.9 Å². The van der Waals surface area contributed by atoms with E-state index >= 15 is 0 Å². The Bertz CT molecular complexity index is 1200. The summed E-state index contributed by atoms with van der Waals surface area (Å²) in [4.78, 5) is 31.0. The summed E-state index contributed by atoms with van der Waals surface area (Å²) < 4.78 is 1.62. The van der Waals surface area contributed by atoms with E-state index in [2.05, 4.69) is 25.6 Å². The number of primary amides is 1. The molecule has 0 atom stereocenters. The molecule has 146 valence electrons. The zero-order chi connectivity index (χ0) is 20.5. The molecule has 0 fully saturated rings. The highest BCUT2D eigenvalue weighted by Crippen LogP contribution is 2.26. The molecular formula is C19H17N7O2S. The molecule has 0 saturated carbocycles. The van der Waals surface area contributed by atoms with Crippen molar-refractivity contribution in [2.45, 2.75) is 13.8 Å². The fourth-order valence-corrected chi connectivity index (χ4v) is 3.49. The topological polar surface area (TPSA) is 132 Å². The summed E-state index contributed by atoms with van der Waals surface area (Å²) in [5.41, 5.74) is 9.67. The van der Waals surface area contributed by atoms with Gasteiger partial charge in [0.2, 0.25) is 0 Å². The van der Waals surface area contributed by atoms with Crippen LogP contribution in [0.3, 0.4) is 0 Å². The molecule has 4 aromatic rings. The van der Waals surface area contributed by atoms with Crippen LogP contribution in [0.25, 0.3) is 16.9 Å². The number of nitrogens with one attached hydrogen (secondary N) is 2. The molecule has 0 aliphatic rings. The lowest BCUT2D eigenvalue weighted by molar-refractivity contribution is 0.0993. The van der Waals surface area contributed by atoms with Crippen LogP contribution >= 0.6 is 11.3 Å². The van der Waals surface area contributed by atoms with Gasteiger partial charge in [-0.05, 0) is 32.0 Å². The number of anilines is 1. The second-order valence-corrected chi connectivity index (χ2v) is 7.29. The van der Waals surface area contributed by atoms with Gasteiger partial charge in [-0.15, -0.1) is 16.4 Å². The summed E-state index contributed by atoms with van der Waals surface area (Å²) in [7, 11) is 0. The first kappa shape index (κ1) is 18.6. The number of benzene rings is 1. The summed E-state index contributed by atoms with van der Waals surface area (Å²) in [5, 5.41) is 13.0. The van der Waals surface area contributed by atoms with Crippen LogP contribution in [0.5, 0.6) is 0 Å². The maximum absolute atomic E-state index is 12.6. The van der Waals surface area contributed by atoms with Gasteiger partial charge in [-0.3, -0.25) is 14.9 Å². The Hall–Kier alpha value is -3.79. The van der Waals surface area contributed by atoms with Crippen LogP contribution in [0.1, 0.15) is 32.2 Å². The highest BCUT2D eigenvalue weighted by Gasteiger charge is 2.19. The fraction of sp³-hybridized carbons (Fsp3) is 0.105. The molecule has 0 radical (unpaired) electrons. The van der Waals surface area contributed by atoms with Crippen molar-refractivity contribution in [1.29, 1.82) is 0 Å². The van der Waals surface area contributed by atoms with Crippen LogP contribution in [-0.4, -0.2) is 36.8 Å². The van der Waals surface area contributed by atoms with E-state index < -0.39 is 11.8 Å². The molecule has 0 bridgehead atoms. The maximum Gasteiger partial charge on any atom is 0.279 e. The molecule has 0 spiro atoms. The first-order chi connectivity index (χ1) is 13.9. The number of aromatic amines is 1. The Morgan fingerprint density at radius 3 is 2.66 bits per heavy atom. The number of rotatable bonds is 5. The monoisotopic (exact) mass is 407 g/mol. The van der Waals surface area contributed by atoms with E-state index in [4.69, 9.17) is 5.73 Å². The molecule has 0 aliphatic heterocycles. The van der Waals surface area contributed by atoms with E-state index in [1.807, 2.05) is 31.2 Å². The SMILES string of the molecule is Cc1ccc(-n2nnc(C(=O)Nc3nc(-c4c[nH]c(C(N)=O)c4)cs3)c2C)cc1. The number of thiazole rings is 1. The normalized spacial score (nSPS) is 10.8. The smallest absolute Gasteiger partial charge is 0.279 e. The molecule has 10 heteroatoms. The molecule has 4 N–H and O–H groups in total. The number of carbonyl (C=O) groups excluding carboxylic acids is 2. The molecule has 3 heterocycles. The van der Waals surface area contributed by atoms with E-state index in [9.17, 15) is 9.59 Å². The van der Waals surface area contributed by atoms with Crippen molar-refractivity contribution < 1.29 is 9.59 Å². The molecule has 29 heavy (non-hydrogen) atoms. The number of nitrogens with two attached hydrogens (primary N) is 1. The standard InChI is InChI=1S/C19H17N7O2S/c1-10-3-5-13(6-4-10)26-11(2)16(24-25-26)18(28)23-19-22-15(9-29-19)12-7-14(17(20)27)21-8-12/h3-9,21H,1-2H3,(H2,20,27)(H,22,23,28). The Morgan fingerprint density at radius 1 is 1.21 bits per heavy atom. The number of amides is 2. The van der Waals surface area contributed by atoms with Gasteiger partial charge in [0.25, 0.3) is 11.8 Å². The van der Waals surface area contributed by atoms with Crippen LogP contribution in [0.4, 0.5) is 5.13 Å². The number of hydrogen-bond acceptors (Lipinski definition) is 6. The molecule has 9 nitrogen and oxygen atoms in total. The van der Waals surface area contributed by atoms with Crippen molar-refractivity contribution in [3.63, 3.8) is 0 Å². The third-order valence-corrected chi connectivity index (χ3v) is 5.11. The van der Waals surface area contributed by atoms with Gasteiger partial charge in [0.1, 0.15) is 5.69 Å². The maximum atomic E-state index is 12.6. The van der Waals surface area contributed by atoms with Gasteiger partial charge in [0.15, 0.2) is 10.8 Å². The molecule has 3 aromatic heterocycles. The van der Waals surface area contributed by atoms with Gasteiger partial charge in [-0.2, -0.15) is 0 Å². The number of aryl methyl sites for hydroxylation is 1. The van der Waals surface area contributed by atoms with E-state index in [0.717, 1.165) is 11.3 Å². The molecule has 0 saturated heterocycles. The summed E-state index contributed by atoms with van der Waals surface area (Å²) in [5.74, 6) is -0.944. The van der Waals surface area contributed by atoms with Crippen molar-refractivity contribution in [1.82, 2.24) is 25.0 Å². The molecule has 0 unspecified atom stereocenters. The van der Waals surface area contributed by atoms with E-state index in [1.165, 1.54) is 11.3 Å². The largest absolute Gasteiger partial charge is 0.364 e. The zero-order valence-electron chi connectivity index (χ0n) is 15.6. The van der Waals surface area contributed by atoms with Crippen LogP contribution in [0.2, 0.25) is 0 Å². The third kappa shape index (κ3) is 3.65. The van der Waals surface area contributed by atoms with Gasteiger partial charge in [-0.25, -0.2) is 9.67 Å². The summed E-state index contributed by atoms with van der Waals surface area (Å²) >= 11 is 1.27. The minimum Gasteiger partial charge on any atom is -0.364 e. The number of hydrogen-bond donors (Lipinski definition) is 3. The molecule has 2 amide bonds. The summed E-state index contributed by atoms with van der Waals surface area (Å²) in [6.45, 7) is 3.79. The molecule has 0 aliphatic carbocycles. The fourth-order valence-electron chi connectivity index (χ4n) is 2.77. The van der Waals surface area contributed by atoms with Crippen LogP contribution in [0, 0.1) is 13.8 Å². The lowest BCUT2D eigenvalue weighted by atomic mass is 10.2. The van der Waals surface area contributed by atoms with Crippen molar-refractivity contribution in [3.05, 3.63) is 64.6 Å². The number of aromatic nitrogens is 5. The van der Waals surface area contributed by atoms with Gasteiger partial charge in [0, 0.05) is 17.1 Å². The Labute approximate surface area is 169 Å². The lowest BCUT2D eigenvalue weighted by Gasteiger charge is -2.04. The predicted octanol–water partition coefficient (Wildman–Crippen LogP) is 2.69. The van der Waals surface area contributed by atoms with Crippen molar-refractivity contribution in [2.75, 3.05) is 5.32 Å². The molecule has 1 aromatic carbocycles. The lowest BCUT2D eigenvalue weighted by Crippen LogP contribution is -2.14. The van der Waals surface area contributed by atoms with E-state index in [-0.39, 0.29) is 5.69 Å². The highest BCUT2D eigenvalue weighted by atomic mass is 32.1. The minimum absolute atomic E-state index is 0.222. The molecule has 4 rings (SSSR count). The van der Waals surface area contributed by atoms with Crippen molar-refractivity contribution >= 4 is 28.3 Å². The van der Waals surface area contributed by atoms with E-state index in [0.29, 0.717) is 27.8 Å². The van der Waals surface area contributed by atoms with Crippen LogP contribution in [0.15, 0.2) is 41.9 Å². The van der Waals surface area contributed by atoms with Gasteiger partial charge >= 0.3 is 0 Å². The van der Waals surface area contributed by atoms with Crippen LogP contribution in [-0.2, 0) is 0 Å². The Balaban J connectivity index is 1.52. The Morgan fingerprint density at radius 2 is 1.97 bits per heavy atom. The minimum atomic E-state index is -0.549. The third-order valence-electron chi connectivity index (χ3n) is 4.36. The average Bonchev–Trinajstić information content (AvgIpc) is 3.41. The zero-order valence-corrected chi connectivity index (χ0v) is 16.4. The number of carbonyl (C=O) groups is 2. The molecular weight excluding hydrogens is 390 g/mol.